The van der Waals surface area contributed by atoms with E-state index in [9.17, 15) is 36.6 Å². The van der Waals surface area contributed by atoms with Crippen LogP contribution >= 0.6 is 11.6 Å². The average Bonchev–Trinajstić information content (AvgIpc) is 3.44. The molecule has 0 aliphatic heterocycles. The molecule has 0 bridgehead atoms. The fourth-order valence-corrected chi connectivity index (χ4v) is 4.84. The number of sulfonamides is 1. The van der Waals surface area contributed by atoms with Crippen LogP contribution in [0.25, 0.3) is 11.2 Å². The number of alkyl halides is 3. The average molecular weight is 638 g/mol. The first-order valence-corrected chi connectivity index (χ1v) is 14.2. The first-order valence-electron chi connectivity index (χ1n) is 12.2. The number of rotatable bonds is 8. The Bertz CT molecular complexity index is 1540. The number of nitrogens with two attached hydrogens (primary N) is 1. The normalized spacial score (nSPS) is 20.6. The van der Waals surface area contributed by atoms with E-state index in [1.807, 2.05) is 0 Å². The van der Waals surface area contributed by atoms with Crippen LogP contribution in [0.3, 0.4) is 0 Å². The Balaban J connectivity index is 0.000000616. The van der Waals surface area contributed by atoms with Gasteiger partial charge < -0.3 is 30.5 Å². The van der Waals surface area contributed by atoms with Crippen molar-refractivity contribution >= 4 is 50.5 Å². The zero-order valence-electron chi connectivity index (χ0n) is 21.8. The minimum absolute atomic E-state index is 0.0249. The number of hydrogen-bond acceptors (Lipinski definition) is 10. The highest BCUT2D eigenvalue weighted by Gasteiger charge is 2.43. The zero-order valence-corrected chi connectivity index (χ0v) is 23.4. The number of amides is 1. The van der Waals surface area contributed by atoms with Crippen LogP contribution < -0.4 is 15.8 Å². The summed E-state index contributed by atoms with van der Waals surface area (Å²) in [4.78, 5) is 33.6. The SMILES string of the molecule is CCC(=O)N[C@H]1C[C@@H](n2cnc3c(NCCc4ccc(S(N)(=O)=O)cc4)nc(Cl)nc32)[C@H](O)[C@@H]1O.O=C(O)C(F)(F)F. The van der Waals surface area contributed by atoms with E-state index < -0.39 is 46.5 Å². The largest absolute Gasteiger partial charge is 0.490 e. The number of hydrogen-bond donors (Lipinski definition) is 6. The van der Waals surface area contributed by atoms with Crippen molar-refractivity contribution in [3.8, 4) is 0 Å². The summed E-state index contributed by atoms with van der Waals surface area (Å²) in [7, 11) is -3.75. The molecule has 4 rings (SSSR count). The number of nitrogens with zero attached hydrogens (tertiary/aromatic N) is 4. The maximum atomic E-state index is 11.8. The lowest BCUT2D eigenvalue weighted by Crippen LogP contribution is -2.42. The topological polar surface area (TPSA) is 223 Å². The fraction of sp³-hybridized carbons (Fsp3) is 0.435. The Morgan fingerprint density at radius 1 is 1.17 bits per heavy atom. The van der Waals surface area contributed by atoms with Crippen molar-refractivity contribution in [2.75, 3.05) is 11.9 Å². The van der Waals surface area contributed by atoms with Crippen molar-refractivity contribution in [3.63, 3.8) is 0 Å². The molecule has 230 valence electrons. The van der Waals surface area contributed by atoms with Gasteiger partial charge >= 0.3 is 12.1 Å². The van der Waals surface area contributed by atoms with Crippen LogP contribution in [0.15, 0.2) is 35.5 Å². The lowest BCUT2D eigenvalue weighted by molar-refractivity contribution is -0.192. The quantitative estimate of drug-likeness (QED) is 0.191. The summed E-state index contributed by atoms with van der Waals surface area (Å²) in [6.45, 7) is 2.15. The van der Waals surface area contributed by atoms with Gasteiger partial charge in [-0.3, -0.25) is 4.79 Å². The Morgan fingerprint density at radius 2 is 1.79 bits per heavy atom. The lowest BCUT2D eigenvalue weighted by Gasteiger charge is -2.18. The van der Waals surface area contributed by atoms with Gasteiger partial charge in [0.2, 0.25) is 21.2 Å². The maximum Gasteiger partial charge on any atom is 0.490 e. The molecule has 0 unspecified atom stereocenters. The number of carbonyl (C=O) groups excluding carboxylic acids is 1. The van der Waals surface area contributed by atoms with Crippen molar-refractivity contribution in [2.24, 2.45) is 5.14 Å². The predicted molar refractivity (Wildman–Crippen MR) is 142 cm³/mol. The third kappa shape index (κ3) is 8.03. The number of carbonyl (C=O) groups is 2. The van der Waals surface area contributed by atoms with Crippen LogP contribution in [0.1, 0.15) is 31.4 Å². The van der Waals surface area contributed by atoms with E-state index in [-0.39, 0.29) is 22.5 Å². The third-order valence-corrected chi connectivity index (χ3v) is 7.37. The van der Waals surface area contributed by atoms with Gasteiger partial charge in [0.1, 0.15) is 12.2 Å². The van der Waals surface area contributed by atoms with Crippen molar-refractivity contribution in [1.82, 2.24) is 24.8 Å². The van der Waals surface area contributed by atoms with Gasteiger partial charge in [0.25, 0.3) is 0 Å². The molecule has 2 heterocycles. The molecule has 7 N–H and O–H groups in total. The summed E-state index contributed by atoms with van der Waals surface area (Å²) in [6.07, 6.45) is -4.74. The molecule has 42 heavy (non-hydrogen) atoms. The van der Waals surface area contributed by atoms with Gasteiger partial charge in [-0.1, -0.05) is 19.1 Å². The van der Waals surface area contributed by atoms with E-state index in [4.69, 9.17) is 26.6 Å². The Hall–Kier alpha value is -3.58. The zero-order chi connectivity index (χ0) is 31.4. The molecule has 0 radical (unpaired) electrons. The molecule has 1 aromatic carbocycles. The summed E-state index contributed by atoms with van der Waals surface area (Å²) in [5, 5.41) is 39.2. The van der Waals surface area contributed by atoms with Crippen LogP contribution in [0.4, 0.5) is 19.0 Å². The number of primary sulfonamides is 1. The van der Waals surface area contributed by atoms with Crippen molar-refractivity contribution in [2.45, 2.75) is 61.5 Å². The Morgan fingerprint density at radius 3 is 2.33 bits per heavy atom. The number of aromatic nitrogens is 4. The number of aliphatic carboxylic acids is 1. The molecule has 4 atom stereocenters. The number of halogens is 4. The van der Waals surface area contributed by atoms with E-state index in [1.165, 1.54) is 18.5 Å². The molecule has 0 saturated heterocycles. The van der Waals surface area contributed by atoms with Crippen molar-refractivity contribution in [1.29, 1.82) is 0 Å². The first kappa shape index (κ1) is 32.9. The standard InChI is InChI=1S/C21H26ClN7O5S.C2HF3O2/c1-2-15(30)26-13-9-14(18(32)17(13)31)29-10-25-16-19(27-21(22)28-20(16)29)24-8-7-11-3-5-12(6-4-11)35(23,33)34;3-2(4,5)1(6)7/h3-6,10,13-14,17-18,31-32H,2,7-9H2,1H3,(H,26,30)(H2,23,33,34)(H,24,27,28);(H,6,7)/t13-,14+,17+,18-;/m0./s1. The van der Waals surface area contributed by atoms with Crippen LogP contribution in [-0.2, 0) is 26.0 Å². The van der Waals surface area contributed by atoms with E-state index in [0.29, 0.717) is 36.4 Å². The van der Waals surface area contributed by atoms with Gasteiger partial charge in [0.05, 0.1) is 23.3 Å². The number of carboxylic acids is 1. The second-order valence-corrected chi connectivity index (χ2v) is 11.0. The minimum atomic E-state index is -5.08. The monoisotopic (exact) mass is 637 g/mol. The van der Waals surface area contributed by atoms with Crippen molar-refractivity contribution < 1.29 is 46.5 Å². The smallest absolute Gasteiger partial charge is 0.475 e. The number of nitrogens with one attached hydrogen (secondary N) is 2. The number of fused-ring (bicyclic) bond motifs is 1. The highest BCUT2D eigenvalue weighted by Crippen LogP contribution is 2.34. The molecule has 19 heteroatoms. The van der Waals surface area contributed by atoms with E-state index >= 15 is 0 Å². The number of benzene rings is 1. The first-order chi connectivity index (χ1) is 19.5. The summed E-state index contributed by atoms with van der Waals surface area (Å²) in [6, 6.07) is 5.08. The van der Waals surface area contributed by atoms with Gasteiger partial charge in [0.15, 0.2) is 17.0 Å². The second kappa shape index (κ2) is 13.2. The van der Waals surface area contributed by atoms with Crippen LogP contribution in [-0.4, -0.2) is 86.1 Å². The minimum Gasteiger partial charge on any atom is -0.475 e. The highest BCUT2D eigenvalue weighted by atomic mass is 35.5. The molecule has 1 fully saturated rings. The van der Waals surface area contributed by atoms with Gasteiger partial charge in [-0.2, -0.15) is 23.1 Å². The number of anilines is 1. The molecular weight excluding hydrogens is 611 g/mol. The molecule has 1 amide bonds. The summed E-state index contributed by atoms with van der Waals surface area (Å²) >= 11 is 6.16. The summed E-state index contributed by atoms with van der Waals surface area (Å²) in [5.74, 6) is -2.58. The molecule has 0 spiro atoms. The number of imidazole rings is 1. The third-order valence-electron chi connectivity index (χ3n) is 6.27. The number of aliphatic hydroxyl groups is 2. The Labute approximate surface area is 241 Å². The summed E-state index contributed by atoms with van der Waals surface area (Å²) in [5.41, 5.74) is 1.69. The second-order valence-electron chi connectivity index (χ2n) is 9.15. The van der Waals surface area contributed by atoms with Crippen LogP contribution in [0.5, 0.6) is 0 Å². The van der Waals surface area contributed by atoms with Crippen LogP contribution in [0.2, 0.25) is 5.28 Å². The number of aliphatic hydroxyl groups excluding tert-OH is 2. The van der Waals surface area contributed by atoms with Crippen molar-refractivity contribution in [3.05, 3.63) is 41.4 Å². The van der Waals surface area contributed by atoms with E-state index in [0.717, 1.165) is 5.56 Å². The molecular formula is C23H27ClF3N7O7S. The maximum absolute atomic E-state index is 11.8. The number of carboxylic acid groups (broad SMARTS) is 1. The van der Waals surface area contributed by atoms with E-state index in [2.05, 4.69) is 25.6 Å². The fourth-order valence-electron chi connectivity index (χ4n) is 4.16. The van der Waals surface area contributed by atoms with Gasteiger partial charge in [-0.25, -0.2) is 23.3 Å². The molecule has 3 aromatic rings. The highest BCUT2D eigenvalue weighted by molar-refractivity contribution is 7.89. The van der Waals surface area contributed by atoms with Crippen LogP contribution in [0, 0.1) is 0 Å². The van der Waals surface area contributed by atoms with Gasteiger partial charge in [-0.05, 0) is 42.1 Å². The molecule has 1 aliphatic carbocycles. The molecule has 1 saturated carbocycles. The van der Waals surface area contributed by atoms with E-state index in [1.54, 1.807) is 23.6 Å². The lowest BCUT2D eigenvalue weighted by atomic mass is 10.1. The molecule has 1 aliphatic rings. The Kier molecular flexibility index (Phi) is 10.3. The molecule has 2 aromatic heterocycles. The predicted octanol–water partition coefficient (Wildman–Crippen LogP) is 0.976. The van der Waals surface area contributed by atoms with Gasteiger partial charge in [-0.15, -0.1) is 0 Å². The summed E-state index contributed by atoms with van der Waals surface area (Å²) < 4.78 is 56.2. The van der Waals surface area contributed by atoms with Gasteiger partial charge in [0, 0.05) is 13.0 Å². The molecule has 14 nitrogen and oxygen atoms in total.